The Morgan fingerprint density at radius 1 is 1.53 bits per heavy atom. The molecule has 0 radical (unpaired) electrons. The standard InChI is InChI=1S/C12H19N3/c1-5-8-15-9(4)11(13)14-12(15)10(6-2)7-3/h5-6,10H,1-2,7-8,13H2,3-4H3. The molecule has 15 heavy (non-hydrogen) atoms. The van der Waals surface area contributed by atoms with Crippen molar-refractivity contribution < 1.29 is 0 Å². The highest BCUT2D eigenvalue weighted by atomic mass is 15.1. The molecule has 0 amide bonds. The van der Waals surface area contributed by atoms with Crippen molar-refractivity contribution in [1.29, 1.82) is 0 Å². The minimum atomic E-state index is 0.265. The molecule has 3 heteroatoms. The average molecular weight is 205 g/mol. The summed E-state index contributed by atoms with van der Waals surface area (Å²) in [5.41, 5.74) is 6.82. The van der Waals surface area contributed by atoms with Crippen molar-refractivity contribution in [2.45, 2.75) is 32.7 Å². The zero-order valence-corrected chi connectivity index (χ0v) is 9.53. The van der Waals surface area contributed by atoms with E-state index in [9.17, 15) is 0 Å². The van der Waals surface area contributed by atoms with Crippen LogP contribution in [0.2, 0.25) is 0 Å². The molecule has 0 spiro atoms. The van der Waals surface area contributed by atoms with E-state index in [0.717, 1.165) is 24.5 Å². The number of imidazole rings is 1. The summed E-state index contributed by atoms with van der Waals surface area (Å²) in [6, 6.07) is 0. The van der Waals surface area contributed by atoms with Crippen LogP contribution in [-0.4, -0.2) is 9.55 Å². The highest BCUT2D eigenvalue weighted by Crippen LogP contribution is 2.23. The van der Waals surface area contributed by atoms with E-state index in [1.54, 1.807) is 0 Å². The van der Waals surface area contributed by atoms with Crippen LogP contribution in [0.3, 0.4) is 0 Å². The van der Waals surface area contributed by atoms with Gasteiger partial charge in [0.05, 0.1) is 5.69 Å². The molecule has 1 unspecified atom stereocenters. The van der Waals surface area contributed by atoms with Crippen molar-refractivity contribution in [2.75, 3.05) is 5.73 Å². The third-order valence-corrected chi connectivity index (χ3v) is 2.65. The molecule has 0 aliphatic heterocycles. The second-order valence-electron chi connectivity index (χ2n) is 3.59. The lowest BCUT2D eigenvalue weighted by Crippen LogP contribution is -2.07. The summed E-state index contributed by atoms with van der Waals surface area (Å²) < 4.78 is 2.10. The van der Waals surface area contributed by atoms with Crippen molar-refractivity contribution in [2.24, 2.45) is 0 Å². The Morgan fingerprint density at radius 3 is 2.67 bits per heavy atom. The second kappa shape index (κ2) is 4.82. The van der Waals surface area contributed by atoms with Gasteiger partial charge in [0.15, 0.2) is 0 Å². The van der Waals surface area contributed by atoms with Crippen molar-refractivity contribution in [3.05, 3.63) is 36.8 Å². The van der Waals surface area contributed by atoms with Crippen LogP contribution < -0.4 is 5.73 Å². The SMILES string of the molecule is C=CCn1c(C(C=C)CC)nc(N)c1C. The molecule has 1 rings (SSSR count). The Kier molecular flexibility index (Phi) is 3.72. The molecule has 3 nitrogen and oxygen atoms in total. The van der Waals surface area contributed by atoms with E-state index < -0.39 is 0 Å². The number of nitrogen functional groups attached to an aromatic ring is 1. The third kappa shape index (κ3) is 2.12. The number of hydrogen-bond acceptors (Lipinski definition) is 2. The first-order chi connectivity index (χ1) is 7.15. The maximum Gasteiger partial charge on any atom is 0.144 e. The van der Waals surface area contributed by atoms with E-state index in [2.05, 4.69) is 29.6 Å². The molecule has 1 atom stereocenters. The lowest BCUT2D eigenvalue weighted by molar-refractivity contribution is 0.655. The first-order valence-electron chi connectivity index (χ1n) is 5.21. The first kappa shape index (κ1) is 11.6. The van der Waals surface area contributed by atoms with E-state index >= 15 is 0 Å². The van der Waals surface area contributed by atoms with Crippen LogP contribution in [0.25, 0.3) is 0 Å². The number of aromatic nitrogens is 2. The van der Waals surface area contributed by atoms with Gasteiger partial charge in [0.1, 0.15) is 11.6 Å². The quantitative estimate of drug-likeness (QED) is 0.751. The van der Waals surface area contributed by atoms with Gasteiger partial charge in [-0.1, -0.05) is 19.1 Å². The molecular formula is C12H19N3. The van der Waals surface area contributed by atoms with Crippen LogP contribution in [0.1, 0.15) is 30.8 Å². The zero-order chi connectivity index (χ0) is 11.4. The predicted molar refractivity (Wildman–Crippen MR) is 64.8 cm³/mol. The van der Waals surface area contributed by atoms with Crippen LogP contribution in [0, 0.1) is 6.92 Å². The van der Waals surface area contributed by atoms with Gasteiger partial charge in [-0.05, 0) is 13.3 Å². The Bertz CT molecular complexity index is 363. The fourth-order valence-electron chi connectivity index (χ4n) is 1.67. The molecule has 0 aliphatic carbocycles. The molecular weight excluding hydrogens is 186 g/mol. The van der Waals surface area contributed by atoms with Gasteiger partial charge in [-0.25, -0.2) is 4.98 Å². The molecule has 0 aliphatic rings. The number of rotatable bonds is 5. The van der Waals surface area contributed by atoms with Gasteiger partial charge in [0, 0.05) is 12.5 Å². The van der Waals surface area contributed by atoms with Gasteiger partial charge < -0.3 is 10.3 Å². The van der Waals surface area contributed by atoms with Crippen LogP contribution in [0.5, 0.6) is 0 Å². The fourth-order valence-corrected chi connectivity index (χ4v) is 1.67. The predicted octanol–water partition coefficient (Wildman–Crippen LogP) is 2.64. The maximum atomic E-state index is 5.82. The molecule has 1 aromatic rings. The van der Waals surface area contributed by atoms with Gasteiger partial charge in [-0.2, -0.15) is 0 Å². The maximum absolute atomic E-state index is 5.82. The Labute approximate surface area is 91.3 Å². The lowest BCUT2D eigenvalue weighted by Gasteiger charge is -2.12. The fraction of sp³-hybridized carbons (Fsp3) is 0.417. The van der Waals surface area contributed by atoms with Crippen LogP contribution in [0.4, 0.5) is 5.82 Å². The highest BCUT2D eigenvalue weighted by Gasteiger charge is 2.16. The second-order valence-corrected chi connectivity index (χ2v) is 3.59. The Hall–Kier alpha value is -1.51. The Balaban J connectivity index is 3.20. The highest BCUT2D eigenvalue weighted by molar-refractivity contribution is 5.37. The smallest absolute Gasteiger partial charge is 0.144 e. The minimum absolute atomic E-state index is 0.265. The number of anilines is 1. The molecule has 0 aromatic carbocycles. The van der Waals surface area contributed by atoms with Crippen molar-refractivity contribution >= 4 is 5.82 Å². The molecule has 0 bridgehead atoms. The number of nitrogens with zero attached hydrogens (tertiary/aromatic N) is 2. The summed E-state index contributed by atoms with van der Waals surface area (Å²) in [6.07, 6.45) is 4.75. The van der Waals surface area contributed by atoms with Crippen LogP contribution >= 0.6 is 0 Å². The molecule has 1 heterocycles. The van der Waals surface area contributed by atoms with Gasteiger partial charge in [-0.15, -0.1) is 13.2 Å². The van der Waals surface area contributed by atoms with Crippen LogP contribution in [0.15, 0.2) is 25.3 Å². The van der Waals surface area contributed by atoms with Crippen LogP contribution in [-0.2, 0) is 6.54 Å². The van der Waals surface area contributed by atoms with Gasteiger partial charge >= 0.3 is 0 Å². The molecule has 82 valence electrons. The molecule has 0 saturated carbocycles. The zero-order valence-electron chi connectivity index (χ0n) is 9.53. The number of nitrogens with two attached hydrogens (primary N) is 1. The summed E-state index contributed by atoms with van der Waals surface area (Å²) in [7, 11) is 0. The summed E-state index contributed by atoms with van der Waals surface area (Å²) in [5, 5.41) is 0. The Morgan fingerprint density at radius 2 is 2.20 bits per heavy atom. The van der Waals surface area contributed by atoms with E-state index in [4.69, 9.17) is 5.73 Å². The van der Waals surface area contributed by atoms with Crippen molar-refractivity contribution in [3.8, 4) is 0 Å². The topological polar surface area (TPSA) is 43.8 Å². The van der Waals surface area contributed by atoms with Crippen molar-refractivity contribution in [1.82, 2.24) is 9.55 Å². The largest absolute Gasteiger partial charge is 0.382 e. The third-order valence-electron chi connectivity index (χ3n) is 2.65. The summed E-state index contributed by atoms with van der Waals surface area (Å²) in [4.78, 5) is 4.39. The molecule has 1 aromatic heterocycles. The van der Waals surface area contributed by atoms with E-state index in [-0.39, 0.29) is 5.92 Å². The molecule has 2 N–H and O–H groups in total. The molecule has 0 saturated heterocycles. The number of allylic oxidation sites excluding steroid dienone is 2. The van der Waals surface area contributed by atoms with Gasteiger partial charge in [-0.3, -0.25) is 0 Å². The van der Waals surface area contributed by atoms with E-state index in [1.807, 2.05) is 19.1 Å². The monoisotopic (exact) mass is 205 g/mol. The summed E-state index contributed by atoms with van der Waals surface area (Å²) in [6.45, 7) is 12.4. The normalized spacial score (nSPS) is 12.4. The van der Waals surface area contributed by atoms with E-state index in [1.165, 1.54) is 0 Å². The summed E-state index contributed by atoms with van der Waals surface area (Å²) in [5.74, 6) is 1.86. The minimum Gasteiger partial charge on any atom is -0.382 e. The van der Waals surface area contributed by atoms with E-state index in [0.29, 0.717) is 5.82 Å². The number of hydrogen-bond donors (Lipinski definition) is 1. The lowest BCUT2D eigenvalue weighted by atomic mass is 10.1. The molecule has 0 fully saturated rings. The average Bonchev–Trinajstić information content (AvgIpc) is 2.49. The summed E-state index contributed by atoms with van der Waals surface area (Å²) >= 11 is 0. The first-order valence-corrected chi connectivity index (χ1v) is 5.21. The van der Waals surface area contributed by atoms with Crippen molar-refractivity contribution in [3.63, 3.8) is 0 Å². The van der Waals surface area contributed by atoms with Gasteiger partial charge in [0.25, 0.3) is 0 Å². The van der Waals surface area contributed by atoms with Gasteiger partial charge in [0.2, 0.25) is 0 Å².